The van der Waals surface area contributed by atoms with Gasteiger partial charge in [-0.05, 0) is 30.3 Å². The lowest BCUT2D eigenvalue weighted by Gasteiger charge is -2.09. The van der Waals surface area contributed by atoms with E-state index in [9.17, 15) is 4.79 Å². The number of hydrogen-bond donors (Lipinski definition) is 2. The van der Waals surface area contributed by atoms with Crippen molar-refractivity contribution in [3.8, 4) is 5.75 Å². The summed E-state index contributed by atoms with van der Waals surface area (Å²) in [5.74, 6) is 0.979. The Bertz CT molecular complexity index is 614. The average molecular weight is 292 g/mol. The van der Waals surface area contributed by atoms with E-state index in [1.165, 1.54) is 6.92 Å². The van der Waals surface area contributed by atoms with Crippen LogP contribution in [0.1, 0.15) is 6.92 Å². The van der Waals surface area contributed by atoms with Crippen molar-refractivity contribution in [1.82, 2.24) is 4.98 Å². The summed E-state index contributed by atoms with van der Waals surface area (Å²) < 4.78 is 5.09. The maximum absolute atomic E-state index is 10.9. The van der Waals surface area contributed by atoms with Gasteiger partial charge in [-0.1, -0.05) is 11.6 Å². The van der Waals surface area contributed by atoms with Crippen molar-refractivity contribution in [3.05, 3.63) is 41.6 Å². The van der Waals surface area contributed by atoms with E-state index in [4.69, 9.17) is 16.3 Å². The molecule has 0 saturated carbocycles. The normalized spacial score (nSPS) is 9.95. The molecule has 0 aliphatic carbocycles. The van der Waals surface area contributed by atoms with E-state index >= 15 is 0 Å². The molecule has 0 aliphatic rings. The number of pyridine rings is 1. The Morgan fingerprint density at radius 1 is 1.25 bits per heavy atom. The molecule has 6 heteroatoms. The zero-order valence-corrected chi connectivity index (χ0v) is 11.9. The number of benzene rings is 1. The van der Waals surface area contributed by atoms with Crippen LogP contribution in [0.4, 0.5) is 17.2 Å². The third kappa shape index (κ3) is 3.61. The van der Waals surface area contributed by atoms with Gasteiger partial charge in [0.2, 0.25) is 5.91 Å². The predicted molar refractivity (Wildman–Crippen MR) is 79.8 cm³/mol. The first kappa shape index (κ1) is 14.1. The van der Waals surface area contributed by atoms with Crippen LogP contribution in [0, 0.1) is 0 Å². The van der Waals surface area contributed by atoms with Crippen molar-refractivity contribution in [1.29, 1.82) is 0 Å². The second kappa shape index (κ2) is 6.25. The maximum Gasteiger partial charge on any atom is 0.222 e. The van der Waals surface area contributed by atoms with Gasteiger partial charge in [-0.15, -0.1) is 0 Å². The molecule has 0 fully saturated rings. The number of nitrogens with one attached hydrogen (secondary N) is 2. The lowest BCUT2D eigenvalue weighted by Crippen LogP contribution is -2.07. The Morgan fingerprint density at radius 3 is 2.55 bits per heavy atom. The van der Waals surface area contributed by atoms with E-state index in [2.05, 4.69) is 15.6 Å². The van der Waals surface area contributed by atoms with Crippen molar-refractivity contribution < 1.29 is 9.53 Å². The van der Waals surface area contributed by atoms with Gasteiger partial charge in [0.05, 0.1) is 24.0 Å². The molecule has 0 aliphatic heterocycles. The van der Waals surface area contributed by atoms with Crippen LogP contribution in [-0.4, -0.2) is 18.0 Å². The summed E-state index contributed by atoms with van der Waals surface area (Å²) in [6, 6.07) is 8.93. The van der Waals surface area contributed by atoms with Crippen LogP contribution >= 0.6 is 11.6 Å². The Kier molecular flexibility index (Phi) is 4.42. The summed E-state index contributed by atoms with van der Waals surface area (Å²) in [4.78, 5) is 15.0. The van der Waals surface area contributed by atoms with Crippen LogP contribution < -0.4 is 15.4 Å². The van der Waals surface area contributed by atoms with E-state index in [1.54, 1.807) is 31.5 Å². The maximum atomic E-state index is 10.9. The molecule has 0 spiro atoms. The number of carbonyl (C=O) groups is 1. The van der Waals surface area contributed by atoms with E-state index in [1.807, 2.05) is 12.1 Å². The first-order chi connectivity index (χ1) is 9.58. The lowest BCUT2D eigenvalue weighted by atomic mass is 10.3. The summed E-state index contributed by atoms with van der Waals surface area (Å²) in [5, 5.41) is 6.29. The SMILES string of the molecule is COc1ccc(Nc2ccc(NC(C)=O)nc2)cc1Cl. The van der Waals surface area contributed by atoms with Crippen molar-refractivity contribution in [3.63, 3.8) is 0 Å². The number of nitrogens with zero attached hydrogens (tertiary/aromatic N) is 1. The number of hydrogen-bond acceptors (Lipinski definition) is 4. The molecule has 0 atom stereocenters. The van der Waals surface area contributed by atoms with Crippen molar-refractivity contribution in [2.75, 3.05) is 17.7 Å². The highest BCUT2D eigenvalue weighted by Crippen LogP contribution is 2.28. The summed E-state index contributed by atoms with van der Waals surface area (Å²) in [7, 11) is 1.57. The first-order valence-electron chi connectivity index (χ1n) is 5.92. The van der Waals surface area contributed by atoms with Gasteiger partial charge in [-0.2, -0.15) is 0 Å². The van der Waals surface area contributed by atoms with Crippen LogP contribution in [0.5, 0.6) is 5.75 Å². The Balaban J connectivity index is 2.10. The van der Waals surface area contributed by atoms with Crippen LogP contribution in [0.2, 0.25) is 5.02 Å². The third-order valence-electron chi connectivity index (χ3n) is 2.51. The van der Waals surface area contributed by atoms with Crippen molar-refractivity contribution >= 4 is 34.7 Å². The fraction of sp³-hybridized carbons (Fsp3) is 0.143. The molecule has 2 aromatic rings. The molecular formula is C14H14ClN3O2. The second-order valence-corrected chi connectivity index (χ2v) is 4.49. The topological polar surface area (TPSA) is 63.2 Å². The average Bonchev–Trinajstić information content (AvgIpc) is 2.41. The summed E-state index contributed by atoms with van der Waals surface area (Å²) in [6.07, 6.45) is 1.63. The number of halogens is 1. The summed E-state index contributed by atoms with van der Waals surface area (Å²) >= 11 is 6.05. The highest BCUT2D eigenvalue weighted by molar-refractivity contribution is 6.32. The van der Waals surface area contributed by atoms with Gasteiger partial charge in [-0.25, -0.2) is 4.98 Å². The van der Waals surface area contributed by atoms with E-state index in [0.29, 0.717) is 16.6 Å². The molecule has 104 valence electrons. The van der Waals surface area contributed by atoms with Gasteiger partial charge in [0.15, 0.2) is 0 Å². The molecule has 0 saturated heterocycles. The van der Waals surface area contributed by atoms with Gasteiger partial charge in [0, 0.05) is 12.6 Å². The molecule has 20 heavy (non-hydrogen) atoms. The fourth-order valence-corrected chi connectivity index (χ4v) is 1.89. The molecule has 1 aromatic carbocycles. The zero-order chi connectivity index (χ0) is 14.5. The van der Waals surface area contributed by atoms with Gasteiger partial charge in [-0.3, -0.25) is 4.79 Å². The highest BCUT2D eigenvalue weighted by Gasteiger charge is 2.03. The minimum atomic E-state index is -0.153. The van der Waals surface area contributed by atoms with E-state index in [0.717, 1.165) is 11.4 Å². The predicted octanol–water partition coefficient (Wildman–Crippen LogP) is 3.45. The number of methoxy groups -OCH3 is 1. The van der Waals surface area contributed by atoms with Crippen LogP contribution in [0.3, 0.4) is 0 Å². The van der Waals surface area contributed by atoms with Gasteiger partial charge >= 0.3 is 0 Å². The van der Waals surface area contributed by atoms with Crippen LogP contribution in [-0.2, 0) is 4.79 Å². The van der Waals surface area contributed by atoms with E-state index in [-0.39, 0.29) is 5.91 Å². The van der Waals surface area contributed by atoms with Crippen molar-refractivity contribution in [2.24, 2.45) is 0 Å². The lowest BCUT2D eigenvalue weighted by molar-refractivity contribution is -0.114. The number of rotatable bonds is 4. The minimum absolute atomic E-state index is 0.153. The Hall–Kier alpha value is -2.27. The van der Waals surface area contributed by atoms with Crippen molar-refractivity contribution in [2.45, 2.75) is 6.92 Å². The second-order valence-electron chi connectivity index (χ2n) is 4.09. The van der Waals surface area contributed by atoms with Gasteiger partial charge in [0.25, 0.3) is 0 Å². The first-order valence-corrected chi connectivity index (χ1v) is 6.30. The minimum Gasteiger partial charge on any atom is -0.495 e. The molecule has 0 bridgehead atoms. The molecule has 2 N–H and O–H groups in total. The molecule has 5 nitrogen and oxygen atoms in total. The van der Waals surface area contributed by atoms with Gasteiger partial charge in [0.1, 0.15) is 11.6 Å². The Morgan fingerprint density at radius 2 is 2.00 bits per heavy atom. The van der Waals surface area contributed by atoms with E-state index < -0.39 is 0 Å². The number of ether oxygens (including phenoxy) is 1. The van der Waals surface area contributed by atoms with Crippen LogP contribution in [0.15, 0.2) is 36.5 Å². The standard InChI is InChI=1S/C14H14ClN3O2/c1-9(19)17-14-6-4-11(8-16-14)18-10-3-5-13(20-2)12(15)7-10/h3-8,18H,1-2H3,(H,16,17,19). The molecule has 1 amide bonds. The zero-order valence-electron chi connectivity index (χ0n) is 11.1. The Labute approximate surface area is 121 Å². The quantitative estimate of drug-likeness (QED) is 0.906. The molecule has 2 rings (SSSR count). The fourth-order valence-electron chi connectivity index (χ4n) is 1.63. The number of carbonyl (C=O) groups excluding carboxylic acids is 1. The monoisotopic (exact) mass is 291 g/mol. The number of amides is 1. The number of aromatic nitrogens is 1. The molecule has 1 heterocycles. The van der Waals surface area contributed by atoms with Crippen LogP contribution in [0.25, 0.3) is 0 Å². The molecule has 0 radical (unpaired) electrons. The molecule has 1 aromatic heterocycles. The summed E-state index contributed by atoms with van der Waals surface area (Å²) in [5.41, 5.74) is 1.62. The summed E-state index contributed by atoms with van der Waals surface area (Å²) in [6.45, 7) is 1.44. The highest BCUT2D eigenvalue weighted by atomic mass is 35.5. The largest absolute Gasteiger partial charge is 0.495 e. The smallest absolute Gasteiger partial charge is 0.222 e. The molecular weight excluding hydrogens is 278 g/mol. The number of anilines is 3. The third-order valence-corrected chi connectivity index (χ3v) is 2.80. The van der Waals surface area contributed by atoms with Gasteiger partial charge < -0.3 is 15.4 Å². The molecule has 0 unspecified atom stereocenters.